The third-order valence-corrected chi connectivity index (χ3v) is 2.35. The lowest BCUT2D eigenvalue weighted by molar-refractivity contribution is 0.619. The van der Waals surface area contributed by atoms with Crippen LogP contribution in [-0.2, 0) is 7.05 Å². The van der Waals surface area contributed by atoms with Crippen LogP contribution in [0.25, 0.3) is 0 Å². The molecule has 5 heteroatoms. The predicted octanol–water partition coefficient (Wildman–Crippen LogP) is 0.568. The lowest BCUT2D eigenvalue weighted by Crippen LogP contribution is -2.15. The molecule has 1 rings (SSSR count). The van der Waals surface area contributed by atoms with Crippen LogP contribution in [0.1, 0.15) is 18.3 Å². The van der Waals surface area contributed by atoms with Gasteiger partial charge < -0.3 is 10.3 Å². The molecule has 0 aliphatic rings. The first-order chi connectivity index (χ1) is 5.75. The van der Waals surface area contributed by atoms with E-state index in [0.717, 1.165) is 18.0 Å². The van der Waals surface area contributed by atoms with Gasteiger partial charge in [0, 0.05) is 7.05 Å². The molecule has 0 aliphatic carbocycles. The summed E-state index contributed by atoms with van der Waals surface area (Å²) in [5.74, 6) is 1.93. The summed E-state index contributed by atoms with van der Waals surface area (Å²) in [5, 5.41) is 7.72. The molecule has 1 aromatic rings. The van der Waals surface area contributed by atoms with E-state index in [1.165, 1.54) is 0 Å². The average molecular weight is 186 g/mol. The number of aryl methyl sites for hydroxylation is 1. The molecule has 4 nitrogen and oxygen atoms in total. The van der Waals surface area contributed by atoms with E-state index in [1.807, 2.05) is 11.6 Å². The summed E-state index contributed by atoms with van der Waals surface area (Å²) in [6, 6.07) is 0.0185. The summed E-state index contributed by atoms with van der Waals surface area (Å²) in [7, 11) is 1.91. The van der Waals surface area contributed by atoms with Crippen LogP contribution in [0, 0.1) is 0 Å². The third-order valence-electron chi connectivity index (χ3n) is 1.71. The lowest BCUT2D eigenvalue weighted by atomic mass is 10.2. The maximum absolute atomic E-state index is 5.89. The summed E-state index contributed by atoms with van der Waals surface area (Å²) >= 11 is 1.80. The Balaban J connectivity index is 2.52. The van der Waals surface area contributed by atoms with Crippen LogP contribution >= 0.6 is 11.8 Å². The Bertz CT molecular complexity index is 235. The fourth-order valence-corrected chi connectivity index (χ4v) is 1.49. The van der Waals surface area contributed by atoms with Crippen molar-refractivity contribution < 1.29 is 0 Å². The highest BCUT2D eigenvalue weighted by molar-refractivity contribution is 7.98. The van der Waals surface area contributed by atoms with E-state index >= 15 is 0 Å². The van der Waals surface area contributed by atoms with Crippen molar-refractivity contribution in [3.05, 3.63) is 12.2 Å². The van der Waals surface area contributed by atoms with Gasteiger partial charge in [-0.15, -0.1) is 10.2 Å². The minimum Gasteiger partial charge on any atom is -0.321 e. The standard InChI is InChI=1S/C7H14N4S/c1-11-5-9-10-7(11)6(8)3-4-12-2/h5-6H,3-4,8H2,1-2H3/t6-/m0/s1. The molecule has 0 fully saturated rings. The first-order valence-corrected chi connectivity index (χ1v) is 5.23. The molecule has 1 aromatic heterocycles. The van der Waals surface area contributed by atoms with Crippen molar-refractivity contribution in [2.45, 2.75) is 12.5 Å². The van der Waals surface area contributed by atoms with Gasteiger partial charge in [0.2, 0.25) is 0 Å². The largest absolute Gasteiger partial charge is 0.321 e. The van der Waals surface area contributed by atoms with Gasteiger partial charge in [0.25, 0.3) is 0 Å². The second-order valence-corrected chi connectivity index (χ2v) is 3.67. The Labute approximate surface area is 76.5 Å². The van der Waals surface area contributed by atoms with Gasteiger partial charge in [-0.1, -0.05) is 0 Å². The molecule has 12 heavy (non-hydrogen) atoms. The van der Waals surface area contributed by atoms with Crippen LogP contribution in [0.5, 0.6) is 0 Å². The number of hydrogen-bond acceptors (Lipinski definition) is 4. The van der Waals surface area contributed by atoms with Crippen molar-refractivity contribution >= 4 is 11.8 Å². The predicted molar refractivity (Wildman–Crippen MR) is 50.9 cm³/mol. The maximum Gasteiger partial charge on any atom is 0.149 e. The maximum atomic E-state index is 5.89. The van der Waals surface area contributed by atoms with Crippen LogP contribution < -0.4 is 5.73 Å². The fourth-order valence-electron chi connectivity index (χ4n) is 1.00. The van der Waals surface area contributed by atoms with Crippen molar-refractivity contribution in [3.63, 3.8) is 0 Å². The highest BCUT2D eigenvalue weighted by Crippen LogP contribution is 2.11. The van der Waals surface area contributed by atoms with Gasteiger partial charge in [-0.2, -0.15) is 11.8 Å². The minimum atomic E-state index is 0.0185. The second-order valence-electron chi connectivity index (χ2n) is 2.69. The highest BCUT2D eigenvalue weighted by atomic mass is 32.2. The molecule has 0 saturated carbocycles. The van der Waals surface area contributed by atoms with Crippen LogP contribution in [-0.4, -0.2) is 26.8 Å². The third kappa shape index (κ3) is 2.22. The van der Waals surface area contributed by atoms with E-state index in [2.05, 4.69) is 16.5 Å². The van der Waals surface area contributed by atoms with Crippen molar-refractivity contribution in [2.24, 2.45) is 12.8 Å². The second kappa shape index (κ2) is 4.47. The molecule has 0 aliphatic heterocycles. The molecular weight excluding hydrogens is 172 g/mol. The fraction of sp³-hybridized carbons (Fsp3) is 0.714. The monoisotopic (exact) mass is 186 g/mol. The van der Waals surface area contributed by atoms with Gasteiger partial charge in [-0.3, -0.25) is 0 Å². The Kier molecular flexibility index (Phi) is 3.55. The van der Waals surface area contributed by atoms with Gasteiger partial charge in [0.05, 0.1) is 6.04 Å². The Morgan fingerprint density at radius 2 is 2.50 bits per heavy atom. The zero-order chi connectivity index (χ0) is 8.97. The van der Waals surface area contributed by atoms with E-state index < -0.39 is 0 Å². The molecule has 0 bridgehead atoms. The minimum absolute atomic E-state index is 0.0185. The first-order valence-electron chi connectivity index (χ1n) is 3.84. The zero-order valence-corrected chi connectivity index (χ0v) is 8.21. The molecular formula is C7H14N4S. The van der Waals surface area contributed by atoms with Gasteiger partial charge in [0.1, 0.15) is 12.2 Å². The van der Waals surface area contributed by atoms with Crippen molar-refractivity contribution in [1.82, 2.24) is 14.8 Å². The molecule has 0 radical (unpaired) electrons. The van der Waals surface area contributed by atoms with Crippen LogP contribution in [0.3, 0.4) is 0 Å². The molecule has 1 atom stereocenters. The van der Waals surface area contributed by atoms with Gasteiger partial charge in [-0.25, -0.2) is 0 Å². The van der Waals surface area contributed by atoms with Crippen molar-refractivity contribution in [2.75, 3.05) is 12.0 Å². The molecule has 0 saturated heterocycles. The summed E-state index contributed by atoms with van der Waals surface area (Å²) in [4.78, 5) is 0. The van der Waals surface area contributed by atoms with Crippen LogP contribution in [0.2, 0.25) is 0 Å². The van der Waals surface area contributed by atoms with Crippen molar-refractivity contribution in [1.29, 1.82) is 0 Å². The summed E-state index contributed by atoms with van der Waals surface area (Å²) < 4.78 is 1.87. The van der Waals surface area contributed by atoms with Crippen LogP contribution in [0.15, 0.2) is 6.33 Å². The number of thioether (sulfide) groups is 1. The number of nitrogens with zero attached hydrogens (tertiary/aromatic N) is 3. The number of nitrogens with two attached hydrogens (primary N) is 1. The van der Waals surface area contributed by atoms with E-state index in [0.29, 0.717) is 0 Å². The normalized spacial score (nSPS) is 13.2. The number of aromatic nitrogens is 3. The summed E-state index contributed by atoms with van der Waals surface area (Å²) in [6.45, 7) is 0. The van der Waals surface area contributed by atoms with Gasteiger partial charge in [-0.05, 0) is 18.4 Å². The highest BCUT2D eigenvalue weighted by Gasteiger charge is 2.10. The lowest BCUT2D eigenvalue weighted by Gasteiger charge is -2.08. The van der Waals surface area contributed by atoms with Gasteiger partial charge >= 0.3 is 0 Å². The molecule has 68 valence electrons. The smallest absolute Gasteiger partial charge is 0.149 e. The SMILES string of the molecule is CSCC[C@H](N)c1nncn1C. The molecule has 0 spiro atoms. The quantitative estimate of drug-likeness (QED) is 0.747. The van der Waals surface area contributed by atoms with E-state index in [1.54, 1.807) is 18.1 Å². The zero-order valence-electron chi connectivity index (χ0n) is 7.40. The molecule has 0 amide bonds. The first kappa shape index (κ1) is 9.54. The van der Waals surface area contributed by atoms with E-state index in [-0.39, 0.29) is 6.04 Å². The van der Waals surface area contributed by atoms with E-state index in [4.69, 9.17) is 5.73 Å². The Morgan fingerprint density at radius 3 is 3.00 bits per heavy atom. The molecule has 0 unspecified atom stereocenters. The molecule has 2 N–H and O–H groups in total. The number of rotatable bonds is 4. The summed E-state index contributed by atoms with van der Waals surface area (Å²) in [6.07, 6.45) is 4.70. The summed E-state index contributed by atoms with van der Waals surface area (Å²) in [5.41, 5.74) is 5.89. The Hall–Kier alpha value is -0.550. The Morgan fingerprint density at radius 1 is 1.75 bits per heavy atom. The van der Waals surface area contributed by atoms with E-state index in [9.17, 15) is 0 Å². The average Bonchev–Trinajstić information content (AvgIpc) is 2.47. The topological polar surface area (TPSA) is 56.7 Å². The molecule has 1 heterocycles. The number of hydrogen-bond donors (Lipinski definition) is 1. The molecule has 0 aromatic carbocycles. The van der Waals surface area contributed by atoms with Gasteiger partial charge in [0.15, 0.2) is 0 Å². The van der Waals surface area contributed by atoms with Crippen molar-refractivity contribution in [3.8, 4) is 0 Å². The van der Waals surface area contributed by atoms with Crippen LogP contribution in [0.4, 0.5) is 0 Å².